The summed E-state index contributed by atoms with van der Waals surface area (Å²) in [5, 5.41) is 0. The number of nitrogens with zero attached hydrogens (tertiary/aromatic N) is 3. The van der Waals surface area contributed by atoms with Crippen LogP contribution in [0.15, 0.2) is 24.3 Å². The smallest absolute Gasteiger partial charge is 0.320 e. The first kappa shape index (κ1) is 17.4. The highest BCUT2D eigenvalue weighted by Gasteiger charge is 2.23. The Kier molecular flexibility index (Phi) is 6.13. The van der Waals surface area contributed by atoms with Crippen LogP contribution in [0.5, 0.6) is 5.75 Å². The summed E-state index contributed by atoms with van der Waals surface area (Å²) in [5.74, 6) is 0.902. The number of ether oxygens (including phenoxy) is 1. The standard InChI is InChI=1S/C18H29N3O2/c1-5-19(6-2)18(22)21-13-11-20(12-14-21)16-7-9-17(10-8-16)23-15(3)4/h7-10,15H,5-6,11-14H2,1-4H3. The highest BCUT2D eigenvalue weighted by molar-refractivity contribution is 5.74. The van der Waals surface area contributed by atoms with Gasteiger partial charge in [0.15, 0.2) is 0 Å². The minimum absolute atomic E-state index is 0.162. The molecule has 23 heavy (non-hydrogen) atoms. The zero-order chi connectivity index (χ0) is 16.8. The molecule has 5 nitrogen and oxygen atoms in total. The van der Waals surface area contributed by atoms with Crippen LogP contribution in [0.2, 0.25) is 0 Å². The Balaban J connectivity index is 1.90. The quantitative estimate of drug-likeness (QED) is 0.837. The average molecular weight is 319 g/mol. The maximum atomic E-state index is 12.4. The van der Waals surface area contributed by atoms with Crippen LogP contribution in [0.1, 0.15) is 27.7 Å². The third kappa shape index (κ3) is 4.53. The number of carbonyl (C=O) groups is 1. The van der Waals surface area contributed by atoms with Gasteiger partial charge in [-0.25, -0.2) is 4.79 Å². The van der Waals surface area contributed by atoms with E-state index < -0.39 is 0 Å². The molecule has 1 aromatic carbocycles. The molecule has 0 saturated carbocycles. The number of hydrogen-bond donors (Lipinski definition) is 0. The van der Waals surface area contributed by atoms with E-state index in [2.05, 4.69) is 17.0 Å². The van der Waals surface area contributed by atoms with Crippen molar-refractivity contribution in [1.29, 1.82) is 0 Å². The second-order valence-electron chi connectivity index (χ2n) is 6.09. The third-order valence-electron chi connectivity index (χ3n) is 4.16. The largest absolute Gasteiger partial charge is 0.491 e. The molecule has 1 aromatic rings. The van der Waals surface area contributed by atoms with E-state index in [4.69, 9.17) is 4.74 Å². The van der Waals surface area contributed by atoms with Crippen molar-refractivity contribution in [3.63, 3.8) is 0 Å². The van der Waals surface area contributed by atoms with E-state index in [1.807, 2.05) is 49.6 Å². The second kappa shape index (κ2) is 8.09. The molecule has 128 valence electrons. The highest BCUT2D eigenvalue weighted by atomic mass is 16.5. The first-order valence-electron chi connectivity index (χ1n) is 8.60. The molecule has 1 aliphatic rings. The molecule has 5 heteroatoms. The minimum atomic E-state index is 0.162. The van der Waals surface area contributed by atoms with Gasteiger partial charge in [-0.15, -0.1) is 0 Å². The summed E-state index contributed by atoms with van der Waals surface area (Å²) < 4.78 is 5.68. The van der Waals surface area contributed by atoms with Gasteiger partial charge in [-0.3, -0.25) is 0 Å². The van der Waals surface area contributed by atoms with Gasteiger partial charge in [-0.1, -0.05) is 0 Å². The van der Waals surface area contributed by atoms with Crippen molar-refractivity contribution in [3.8, 4) is 5.75 Å². The number of urea groups is 1. The Bertz CT molecular complexity index is 489. The van der Waals surface area contributed by atoms with Crippen molar-refractivity contribution in [2.24, 2.45) is 0 Å². The summed E-state index contributed by atoms with van der Waals surface area (Å²) >= 11 is 0. The van der Waals surface area contributed by atoms with E-state index in [0.717, 1.165) is 45.0 Å². The zero-order valence-electron chi connectivity index (χ0n) is 14.8. The van der Waals surface area contributed by atoms with Gasteiger partial charge in [0, 0.05) is 45.0 Å². The summed E-state index contributed by atoms with van der Waals surface area (Å²) in [6.07, 6.45) is 0.190. The molecular formula is C18H29N3O2. The van der Waals surface area contributed by atoms with E-state index in [1.54, 1.807) is 0 Å². The topological polar surface area (TPSA) is 36.0 Å². The molecule has 0 spiro atoms. The molecule has 0 radical (unpaired) electrons. The molecule has 1 heterocycles. The SMILES string of the molecule is CCN(CC)C(=O)N1CCN(c2ccc(OC(C)C)cc2)CC1. The van der Waals surface area contributed by atoms with Crippen molar-refractivity contribution >= 4 is 11.7 Å². The van der Waals surface area contributed by atoms with E-state index in [0.29, 0.717) is 0 Å². The molecule has 1 aliphatic heterocycles. The van der Waals surface area contributed by atoms with E-state index in [-0.39, 0.29) is 12.1 Å². The molecule has 2 amide bonds. The Hall–Kier alpha value is -1.91. The Morgan fingerprint density at radius 1 is 1.09 bits per heavy atom. The number of rotatable bonds is 5. The minimum Gasteiger partial charge on any atom is -0.491 e. The molecule has 0 unspecified atom stereocenters. The van der Waals surface area contributed by atoms with Crippen LogP contribution in [0, 0.1) is 0 Å². The number of benzene rings is 1. The summed E-state index contributed by atoms with van der Waals surface area (Å²) in [6.45, 7) is 12.9. The fourth-order valence-electron chi connectivity index (χ4n) is 2.86. The maximum Gasteiger partial charge on any atom is 0.320 e. The fraction of sp³-hybridized carbons (Fsp3) is 0.611. The number of anilines is 1. The van der Waals surface area contributed by atoms with Gasteiger partial charge in [-0.05, 0) is 52.0 Å². The number of amides is 2. The maximum absolute atomic E-state index is 12.4. The van der Waals surface area contributed by atoms with Crippen LogP contribution >= 0.6 is 0 Å². The molecule has 0 aliphatic carbocycles. The molecule has 0 N–H and O–H groups in total. The number of piperazine rings is 1. The molecule has 2 rings (SSSR count). The van der Waals surface area contributed by atoms with Gasteiger partial charge in [0.25, 0.3) is 0 Å². The number of carbonyl (C=O) groups excluding carboxylic acids is 1. The van der Waals surface area contributed by atoms with Crippen molar-refractivity contribution < 1.29 is 9.53 Å². The van der Waals surface area contributed by atoms with Gasteiger partial charge in [0.2, 0.25) is 0 Å². The fourth-order valence-corrected chi connectivity index (χ4v) is 2.86. The van der Waals surface area contributed by atoms with Crippen LogP contribution in [0.25, 0.3) is 0 Å². The van der Waals surface area contributed by atoms with Crippen molar-refractivity contribution in [1.82, 2.24) is 9.80 Å². The number of hydrogen-bond acceptors (Lipinski definition) is 3. The highest BCUT2D eigenvalue weighted by Crippen LogP contribution is 2.21. The van der Waals surface area contributed by atoms with Crippen molar-refractivity contribution in [2.45, 2.75) is 33.8 Å². The summed E-state index contributed by atoms with van der Waals surface area (Å²) in [4.78, 5) is 18.5. The van der Waals surface area contributed by atoms with Crippen LogP contribution in [0.3, 0.4) is 0 Å². The molecule has 0 aromatic heterocycles. The molecule has 0 bridgehead atoms. The van der Waals surface area contributed by atoms with Crippen LogP contribution in [0.4, 0.5) is 10.5 Å². The lowest BCUT2D eigenvalue weighted by Crippen LogP contribution is -2.52. The average Bonchev–Trinajstić information content (AvgIpc) is 2.56. The van der Waals surface area contributed by atoms with Crippen molar-refractivity contribution in [3.05, 3.63) is 24.3 Å². The van der Waals surface area contributed by atoms with Gasteiger partial charge in [-0.2, -0.15) is 0 Å². The van der Waals surface area contributed by atoms with Crippen LogP contribution in [-0.2, 0) is 0 Å². The van der Waals surface area contributed by atoms with Gasteiger partial charge >= 0.3 is 6.03 Å². The van der Waals surface area contributed by atoms with Gasteiger partial charge in [0.05, 0.1) is 6.10 Å². The molecule has 0 atom stereocenters. The Morgan fingerprint density at radius 3 is 2.13 bits per heavy atom. The predicted molar refractivity (Wildman–Crippen MR) is 94.3 cm³/mol. The van der Waals surface area contributed by atoms with E-state index in [9.17, 15) is 4.79 Å². The van der Waals surface area contributed by atoms with Gasteiger partial charge < -0.3 is 19.4 Å². The summed E-state index contributed by atoms with van der Waals surface area (Å²) in [7, 11) is 0. The summed E-state index contributed by atoms with van der Waals surface area (Å²) in [5.41, 5.74) is 1.19. The molecule has 1 saturated heterocycles. The monoisotopic (exact) mass is 319 g/mol. The Labute approximate surface area is 139 Å². The first-order chi connectivity index (χ1) is 11.0. The molecular weight excluding hydrogens is 290 g/mol. The molecule has 1 fully saturated rings. The van der Waals surface area contributed by atoms with Gasteiger partial charge in [0.1, 0.15) is 5.75 Å². The lowest BCUT2D eigenvalue weighted by atomic mass is 10.2. The summed E-state index contributed by atoms with van der Waals surface area (Å²) in [6, 6.07) is 8.39. The lowest BCUT2D eigenvalue weighted by Gasteiger charge is -2.38. The van der Waals surface area contributed by atoms with Crippen LogP contribution < -0.4 is 9.64 Å². The second-order valence-corrected chi connectivity index (χ2v) is 6.09. The van der Waals surface area contributed by atoms with E-state index in [1.165, 1.54) is 5.69 Å². The first-order valence-corrected chi connectivity index (χ1v) is 8.60. The predicted octanol–water partition coefficient (Wildman–Crippen LogP) is 3.06. The lowest BCUT2D eigenvalue weighted by molar-refractivity contribution is 0.154. The van der Waals surface area contributed by atoms with Crippen LogP contribution in [-0.4, -0.2) is 61.2 Å². The zero-order valence-corrected chi connectivity index (χ0v) is 14.8. The van der Waals surface area contributed by atoms with Crippen molar-refractivity contribution in [2.75, 3.05) is 44.2 Å². The normalized spacial score (nSPS) is 15.0. The Morgan fingerprint density at radius 2 is 1.65 bits per heavy atom. The third-order valence-corrected chi connectivity index (χ3v) is 4.16. The van der Waals surface area contributed by atoms with E-state index >= 15 is 0 Å².